The van der Waals surface area contributed by atoms with Gasteiger partial charge in [-0.2, -0.15) is 0 Å². The van der Waals surface area contributed by atoms with E-state index in [0.29, 0.717) is 0 Å². The lowest BCUT2D eigenvalue weighted by atomic mass is 10.2. The first-order valence-electron chi connectivity index (χ1n) is 5.18. The highest BCUT2D eigenvalue weighted by atomic mass is 32.2. The zero-order valence-corrected chi connectivity index (χ0v) is 10.1. The van der Waals surface area contributed by atoms with Gasteiger partial charge in [0.15, 0.2) is 5.65 Å². The predicted octanol–water partition coefficient (Wildman–Crippen LogP) is 2.51. The van der Waals surface area contributed by atoms with Gasteiger partial charge in [0.1, 0.15) is 0 Å². The topological polar surface area (TPSA) is 43.1 Å². The van der Waals surface area contributed by atoms with Crippen LogP contribution in [0.15, 0.2) is 47.9 Å². The normalized spacial score (nSPS) is 10.9. The van der Waals surface area contributed by atoms with Gasteiger partial charge >= 0.3 is 0 Å². The molecule has 3 aromatic rings. The Morgan fingerprint density at radius 2 is 2.18 bits per heavy atom. The first-order valence-corrected chi connectivity index (χ1v) is 6.41. The van der Waals surface area contributed by atoms with Gasteiger partial charge in [0.05, 0.1) is 5.69 Å². The van der Waals surface area contributed by atoms with Gasteiger partial charge in [0.2, 0.25) is 5.16 Å². The Labute approximate surface area is 103 Å². The fourth-order valence-corrected chi connectivity index (χ4v) is 1.99. The van der Waals surface area contributed by atoms with E-state index in [4.69, 9.17) is 0 Å². The monoisotopic (exact) mass is 242 g/mol. The lowest BCUT2D eigenvalue weighted by Gasteiger charge is -1.99. The van der Waals surface area contributed by atoms with Crippen LogP contribution in [0.5, 0.6) is 0 Å². The van der Waals surface area contributed by atoms with Crippen LogP contribution in [0.25, 0.3) is 16.9 Å². The van der Waals surface area contributed by atoms with E-state index in [1.165, 1.54) is 11.8 Å². The quantitative estimate of drug-likeness (QED) is 0.648. The zero-order valence-electron chi connectivity index (χ0n) is 9.24. The summed E-state index contributed by atoms with van der Waals surface area (Å²) in [5.41, 5.74) is 2.85. The average Bonchev–Trinajstić information content (AvgIpc) is 2.81. The van der Waals surface area contributed by atoms with E-state index in [1.807, 2.05) is 42.8 Å². The van der Waals surface area contributed by atoms with Crippen molar-refractivity contribution in [3.63, 3.8) is 0 Å². The van der Waals surface area contributed by atoms with Gasteiger partial charge in [-0.05, 0) is 30.5 Å². The Bertz CT molecular complexity index is 648. The van der Waals surface area contributed by atoms with Gasteiger partial charge in [0.25, 0.3) is 0 Å². The Kier molecular flexibility index (Phi) is 2.53. The third kappa shape index (κ3) is 1.89. The van der Waals surface area contributed by atoms with Crippen LogP contribution >= 0.6 is 11.8 Å². The number of thioether (sulfide) groups is 1. The van der Waals surface area contributed by atoms with Crippen molar-refractivity contribution < 1.29 is 0 Å². The van der Waals surface area contributed by atoms with E-state index in [9.17, 15) is 0 Å². The van der Waals surface area contributed by atoms with E-state index in [2.05, 4.69) is 15.1 Å². The van der Waals surface area contributed by atoms with E-state index in [1.54, 1.807) is 10.7 Å². The maximum absolute atomic E-state index is 4.40. The summed E-state index contributed by atoms with van der Waals surface area (Å²) < 4.78 is 1.78. The summed E-state index contributed by atoms with van der Waals surface area (Å²) in [6, 6.07) is 9.86. The molecule has 0 unspecified atom stereocenters. The predicted molar refractivity (Wildman–Crippen MR) is 68.0 cm³/mol. The molecule has 0 saturated carbocycles. The molecule has 0 saturated heterocycles. The van der Waals surface area contributed by atoms with Crippen LogP contribution < -0.4 is 0 Å². The van der Waals surface area contributed by atoms with Gasteiger partial charge < -0.3 is 0 Å². The molecule has 0 aliphatic carbocycles. The highest BCUT2D eigenvalue weighted by molar-refractivity contribution is 7.98. The summed E-state index contributed by atoms with van der Waals surface area (Å²) in [7, 11) is 0. The lowest BCUT2D eigenvalue weighted by Crippen LogP contribution is -1.88. The maximum Gasteiger partial charge on any atom is 0.209 e. The van der Waals surface area contributed by atoms with Crippen LogP contribution in [-0.2, 0) is 0 Å². The fraction of sp³-hybridized carbons (Fsp3) is 0.0833. The van der Waals surface area contributed by atoms with Gasteiger partial charge in [-0.25, -0.2) is 9.50 Å². The van der Waals surface area contributed by atoms with Crippen LogP contribution in [0.2, 0.25) is 0 Å². The van der Waals surface area contributed by atoms with Crippen molar-refractivity contribution in [2.75, 3.05) is 6.26 Å². The number of aromatic nitrogens is 4. The fourth-order valence-electron chi connectivity index (χ4n) is 1.64. The molecule has 0 amide bonds. The van der Waals surface area contributed by atoms with Gasteiger partial charge in [-0.1, -0.05) is 17.8 Å². The largest absolute Gasteiger partial charge is 0.256 e. The molecule has 84 valence electrons. The number of nitrogens with zero attached hydrogens (tertiary/aromatic N) is 4. The van der Waals surface area contributed by atoms with Crippen LogP contribution in [0.3, 0.4) is 0 Å². The van der Waals surface area contributed by atoms with Crippen molar-refractivity contribution in [2.24, 2.45) is 0 Å². The molecule has 3 rings (SSSR count). The van der Waals surface area contributed by atoms with Gasteiger partial charge in [0, 0.05) is 18.0 Å². The summed E-state index contributed by atoms with van der Waals surface area (Å²) >= 11 is 1.54. The first kappa shape index (κ1) is 10.3. The number of rotatable bonds is 2. The zero-order chi connectivity index (χ0) is 11.7. The second-order valence-electron chi connectivity index (χ2n) is 3.53. The van der Waals surface area contributed by atoms with Gasteiger partial charge in [-0.15, -0.1) is 5.10 Å². The molecule has 0 spiro atoms. The number of fused-ring (bicyclic) bond motifs is 1. The highest BCUT2D eigenvalue weighted by Crippen LogP contribution is 2.19. The van der Waals surface area contributed by atoms with Crippen LogP contribution in [-0.4, -0.2) is 25.8 Å². The first-order chi connectivity index (χ1) is 8.36. The second kappa shape index (κ2) is 4.18. The molecule has 0 radical (unpaired) electrons. The standard InChI is InChI=1S/C12H10N4S/c1-17-12-14-11-8-9(5-7-16(11)15-12)10-4-2-3-6-13-10/h2-8H,1H3. The third-order valence-corrected chi connectivity index (χ3v) is 3.00. The van der Waals surface area contributed by atoms with E-state index in [-0.39, 0.29) is 0 Å². The summed E-state index contributed by atoms with van der Waals surface area (Å²) in [4.78, 5) is 8.72. The van der Waals surface area contributed by atoms with E-state index in [0.717, 1.165) is 22.1 Å². The SMILES string of the molecule is CSc1nc2cc(-c3ccccn3)ccn2n1. The maximum atomic E-state index is 4.40. The Morgan fingerprint density at radius 3 is 2.94 bits per heavy atom. The van der Waals surface area contributed by atoms with Gasteiger partial charge in [-0.3, -0.25) is 4.98 Å². The molecule has 0 fully saturated rings. The summed E-state index contributed by atoms with van der Waals surface area (Å²) in [5.74, 6) is 0. The van der Waals surface area contributed by atoms with Crippen molar-refractivity contribution in [3.05, 3.63) is 42.7 Å². The molecular formula is C12H10N4S. The van der Waals surface area contributed by atoms with Crippen LogP contribution in [0.1, 0.15) is 0 Å². The third-order valence-electron chi connectivity index (χ3n) is 2.46. The minimum absolute atomic E-state index is 0.781. The molecule has 0 atom stereocenters. The van der Waals surface area contributed by atoms with Crippen LogP contribution in [0.4, 0.5) is 0 Å². The van der Waals surface area contributed by atoms with Crippen molar-refractivity contribution in [1.29, 1.82) is 0 Å². The van der Waals surface area contributed by atoms with Crippen molar-refractivity contribution in [1.82, 2.24) is 19.6 Å². The number of hydrogen-bond donors (Lipinski definition) is 0. The lowest BCUT2D eigenvalue weighted by molar-refractivity contribution is 0.889. The molecule has 17 heavy (non-hydrogen) atoms. The molecular weight excluding hydrogens is 232 g/mol. The summed E-state index contributed by atoms with van der Waals surface area (Å²) in [6.07, 6.45) is 5.66. The molecule has 3 aromatic heterocycles. The molecule has 0 aromatic carbocycles. The molecule has 0 aliphatic heterocycles. The van der Waals surface area contributed by atoms with Crippen LogP contribution in [0, 0.1) is 0 Å². The minimum atomic E-state index is 0.781. The summed E-state index contributed by atoms with van der Waals surface area (Å²) in [5, 5.41) is 5.09. The Morgan fingerprint density at radius 1 is 1.24 bits per heavy atom. The van der Waals surface area contributed by atoms with Crippen molar-refractivity contribution >= 4 is 17.4 Å². The smallest absolute Gasteiger partial charge is 0.209 e. The second-order valence-corrected chi connectivity index (χ2v) is 4.31. The molecule has 0 bridgehead atoms. The molecule has 4 nitrogen and oxygen atoms in total. The molecule has 0 N–H and O–H groups in total. The number of pyridine rings is 2. The highest BCUT2D eigenvalue weighted by Gasteiger charge is 2.04. The molecule has 3 heterocycles. The van der Waals surface area contributed by atoms with E-state index >= 15 is 0 Å². The van der Waals surface area contributed by atoms with E-state index < -0.39 is 0 Å². The minimum Gasteiger partial charge on any atom is -0.256 e. The molecule has 5 heteroatoms. The Hall–Kier alpha value is -1.88. The van der Waals surface area contributed by atoms with Crippen molar-refractivity contribution in [3.8, 4) is 11.3 Å². The summed E-state index contributed by atoms with van der Waals surface area (Å²) in [6.45, 7) is 0. The Balaban J connectivity index is 2.13. The number of hydrogen-bond acceptors (Lipinski definition) is 4. The average molecular weight is 242 g/mol. The molecule has 0 aliphatic rings. The van der Waals surface area contributed by atoms with Crippen molar-refractivity contribution in [2.45, 2.75) is 5.16 Å².